The molecule has 2 nitrogen and oxygen atoms in total. The Morgan fingerprint density at radius 2 is 1.68 bits per heavy atom. The molecule has 0 spiro atoms. The van der Waals surface area contributed by atoms with Crippen LogP contribution in [0.25, 0.3) is 0 Å². The molecule has 106 valence electrons. The van der Waals surface area contributed by atoms with E-state index in [-0.39, 0.29) is 17.4 Å². The minimum absolute atomic E-state index is 0.0655. The van der Waals surface area contributed by atoms with Crippen LogP contribution in [-0.2, 0) is 18.1 Å². The fourth-order valence-electron chi connectivity index (χ4n) is 1.30. The Kier molecular flexibility index (Phi) is 4.39. The molecule has 3 N–H and O–H groups in total. The average molecular weight is 302 g/mol. The van der Waals surface area contributed by atoms with Crippen LogP contribution in [0, 0.1) is 5.41 Å². The van der Waals surface area contributed by atoms with Gasteiger partial charge in [-0.25, -0.2) is 0 Å². The zero-order valence-corrected chi connectivity index (χ0v) is 10.0. The van der Waals surface area contributed by atoms with Gasteiger partial charge in [0.05, 0.1) is 11.1 Å². The zero-order chi connectivity index (χ0) is 14.8. The summed E-state index contributed by atoms with van der Waals surface area (Å²) in [7, 11) is 0. The Balaban J connectivity index is 3.22. The fourth-order valence-corrected chi connectivity index (χ4v) is 1.86. The first kappa shape index (κ1) is 15.7. The predicted molar refractivity (Wildman–Crippen MR) is 59.7 cm³/mol. The van der Waals surface area contributed by atoms with Gasteiger partial charge in [0.1, 0.15) is 0 Å². The number of alkyl halides is 6. The van der Waals surface area contributed by atoms with E-state index in [1.54, 1.807) is 0 Å². The van der Waals surface area contributed by atoms with Crippen LogP contribution in [0.3, 0.4) is 0 Å². The maximum absolute atomic E-state index is 12.7. The van der Waals surface area contributed by atoms with Crippen LogP contribution >= 0.6 is 11.8 Å². The Morgan fingerprint density at radius 3 is 2.11 bits per heavy atom. The largest absolute Gasteiger partial charge is 0.416 e. The molecule has 0 fully saturated rings. The molecule has 19 heavy (non-hydrogen) atoms. The molecule has 0 bridgehead atoms. The van der Waals surface area contributed by atoms with Crippen molar-refractivity contribution in [2.45, 2.75) is 18.1 Å². The number of hydrogen-bond donors (Lipinski definition) is 2. The molecule has 0 aromatic heterocycles. The van der Waals surface area contributed by atoms with Crippen LogP contribution in [0.15, 0.2) is 18.2 Å². The van der Waals surface area contributed by atoms with Gasteiger partial charge >= 0.3 is 12.4 Å². The van der Waals surface area contributed by atoms with Gasteiger partial charge in [-0.2, -0.15) is 26.3 Å². The first-order valence-corrected chi connectivity index (χ1v) is 5.74. The van der Waals surface area contributed by atoms with Crippen LogP contribution in [0.5, 0.6) is 0 Å². The lowest BCUT2D eigenvalue weighted by Crippen LogP contribution is -2.14. The third-order valence-electron chi connectivity index (χ3n) is 2.13. The van der Waals surface area contributed by atoms with E-state index in [1.807, 2.05) is 0 Å². The van der Waals surface area contributed by atoms with Crippen molar-refractivity contribution in [1.82, 2.24) is 0 Å². The predicted octanol–water partition coefficient (Wildman–Crippen LogP) is 3.85. The van der Waals surface area contributed by atoms with E-state index >= 15 is 0 Å². The molecule has 0 aliphatic rings. The summed E-state index contributed by atoms with van der Waals surface area (Å²) >= 11 is 0.608. The highest BCUT2D eigenvalue weighted by atomic mass is 32.2. The second-order valence-electron chi connectivity index (χ2n) is 3.52. The van der Waals surface area contributed by atoms with Crippen LogP contribution in [-0.4, -0.2) is 5.17 Å². The van der Waals surface area contributed by atoms with E-state index < -0.39 is 28.6 Å². The molecule has 0 saturated heterocycles. The van der Waals surface area contributed by atoms with Gasteiger partial charge in [-0.1, -0.05) is 17.8 Å². The number of nitrogens with two attached hydrogens (primary N) is 1. The molecule has 9 heteroatoms. The Bertz CT molecular complexity index is 480. The summed E-state index contributed by atoms with van der Waals surface area (Å²) in [5.74, 6) is -0.317. The molecule has 1 rings (SSSR count). The molecule has 0 atom stereocenters. The van der Waals surface area contributed by atoms with E-state index in [0.717, 1.165) is 6.07 Å². The Hall–Kier alpha value is -1.38. The molecule has 0 radical (unpaired) electrons. The van der Waals surface area contributed by atoms with Crippen LogP contribution in [0.2, 0.25) is 0 Å². The number of nitrogens with one attached hydrogen (secondary N) is 1. The first-order valence-electron chi connectivity index (χ1n) is 4.76. The third kappa shape index (κ3) is 4.34. The number of amidine groups is 1. The van der Waals surface area contributed by atoms with Gasteiger partial charge in [0, 0.05) is 5.75 Å². The number of rotatable bonds is 2. The van der Waals surface area contributed by atoms with Gasteiger partial charge in [-0.15, -0.1) is 0 Å². The summed E-state index contributed by atoms with van der Waals surface area (Å²) in [4.78, 5) is 0. The highest BCUT2D eigenvalue weighted by Gasteiger charge is 2.37. The number of thioether (sulfide) groups is 1. The third-order valence-corrected chi connectivity index (χ3v) is 2.89. The molecule has 0 aliphatic carbocycles. The highest BCUT2D eigenvalue weighted by molar-refractivity contribution is 8.13. The molecule has 1 aromatic rings. The summed E-state index contributed by atoms with van der Waals surface area (Å²) in [6.45, 7) is 0. The number of benzene rings is 1. The lowest BCUT2D eigenvalue weighted by molar-refractivity contribution is -0.143. The normalized spacial score (nSPS) is 12.5. The molecule has 0 heterocycles. The van der Waals surface area contributed by atoms with Crippen molar-refractivity contribution < 1.29 is 26.3 Å². The lowest BCUT2D eigenvalue weighted by Gasteiger charge is -2.15. The van der Waals surface area contributed by atoms with E-state index in [2.05, 4.69) is 0 Å². The smallest absolute Gasteiger partial charge is 0.379 e. The Labute approximate surface area is 108 Å². The van der Waals surface area contributed by atoms with E-state index in [4.69, 9.17) is 11.1 Å². The van der Waals surface area contributed by atoms with Crippen molar-refractivity contribution in [3.05, 3.63) is 34.9 Å². The molecule has 0 amide bonds. The van der Waals surface area contributed by atoms with E-state index in [9.17, 15) is 26.3 Å². The fraction of sp³-hybridized carbons (Fsp3) is 0.300. The van der Waals surface area contributed by atoms with Gasteiger partial charge in [0.2, 0.25) is 0 Å². The van der Waals surface area contributed by atoms with Crippen molar-refractivity contribution in [2.75, 3.05) is 0 Å². The quantitative estimate of drug-likeness (QED) is 0.495. The monoisotopic (exact) mass is 302 g/mol. The average Bonchev–Trinajstić information content (AvgIpc) is 2.23. The van der Waals surface area contributed by atoms with Gasteiger partial charge in [-0.3, -0.25) is 5.41 Å². The lowest BCUT2D eigenvalue weighted by atomic mass is 10.0. The summed E-state index contributed by atoms with van der Waals surface area (Å²) in [6.07, 6.45) is -9.74. The number of halogens is 6. The molecule has 0 aliphatic heterocycles. The SMILES string of the molecule is N=C(N)SCc1ccc(C(F)(F)F)cc1C(F)(F)F. The van der Waals surface area contributed by atoms with Crippen LogP contribution in [0.1, 0.15) is 16.7 Å². The van der Waals surface area contributed by atoms with Crippen LogP contribution in [0.4, 0.5) is 26.3 Å². The molecular weight excluding hydrogens is 294 g/mol. The van der Waals surface area contributed by atoms with Crippen molar-refractivity contribution >= 4 is 16.9 Å². The second kappa shape index (κ2) is 5.32. The molecule has 0 saturated carbocycles. The maximum Gasteiger partial charge on any atom is 0.416 e. The first-order chi connectivity index (χ1) is 8.51. The van der Waals surface area contributed by atoms with Gasteiger partial charge in [-0.05, 0) is 17.7 Å². The molecule has 1 aromatic carbocycles. The Morgan fingerprint density at radius 1 is 1.11 bits per heavy atom. The van der Waals surface area contributed by atoms with Crippen molar-refractivity contribution in [1.29, 1.82) is 5.41 Å². The standard InChI is InChI=1S/C10H8F6N2S/c11-9(12,13)6-2-1-5(4-19-8(17)18)7(3-6)10(14,15)16/h1-3H,4H2,(H3,17,18). The molecular formula is C10H8F6N2S. The van der Waals surface area contributed by atoms with Crippen molar-refractivity contribution in [2.24, 2.45) is 5.73 Å². The second-order valence-corrected chi connectivity index (χ2v) is 4.54. The van der Waals surface area contributed by atoms with E-state index in [0.29, 0.717) is 17.8 Å². The topological polar surface area (TPSA) is 49.9 Å². The van der Waals surface area contributed by atoms with Crippen molar-refractivity contribution in [3.63, 3.8) is 0 Å². The zero-order valence-electron chi connectivity index (χ0n) is 9.19. The van der Waals surface area contributed by atoms with Gasteiger partial charge in [0.15, 0.2) is 5.17 Å². The minimum atomic E-state index is -4.89. The van der Waals surface area contributed by atoms with Gasteiger partial charge in [0.25, 0.3) is 0 Å². The van der Waals surface area contributed by atoms with Crippen molar-refractivity contribution in [3.8, 4) is 0 Å². The highest BCUT2D eigenvalue weighted by Crippen LogP contribution is 2.38. The van der Waals surface area contributed by atoms with Gasteiger partial charge < -0.3 is 5.73 Å². The summed E-state index contributed by atoms with van der Waals surface area (Å²) in [5.41, 5.74) is 1.91. The minimum Gasteiger partial charge on any atom is -0.379 e. The van der Waals surface area contributed by atoms with E-state index in [1.165, 1.54) is 0 Å². The van der Waals surface area contributed by atoms with Crippen LogP contribution < -0.4 is 5.73 Å². The molecule has 0 unspecified atom stereocenters. The number of hydrogen-bond acceptors (Lipinski definition) is 2. The maximum atomic E-state index is 12.7. The summed E-state index contributed by atoms with van der Waals surface area (Å²) in [5, 5.41) is 6.48. The summed E-state index contributed by atoms with van der Waals surface area (Å²) < 4.78 is 75.2. The summed E-state index contributed by atoms with van der Waals surface area (Å²) in [6, 6.07) is 1.39.